The molecule has 0 heterocycles. The lowest BCUT2D eigenvalue weighted by Crippen LogP contribution is -1.89. The van der Waals surface area contributed by atoms with E-state index in [1.54, 1.807) is 6.07 Å². The molecule has 3 rings (SSSR count). The average Bonchev–Trinajstić information content (AvgIpc) is 2.55. The smallest absolute Gasteiger partial charge is 0.172 e. The van der Waals surface area contributed by atoms with E-state index in [1.807, 2.05) is 24.3 Å². The molecule has 0 aromatic heterocycles. The molecule has 0 fully saturated rings. The summed E-state index contributed by atoms with van der Waals surface area (Å²) in [4.78, 5) is 0. The van der Waals surface area contributed by atoms with Gasteiger partial charge in [0.1, 0.15) is 0 Å². The highest BCUT2D eigenvalue weighted by molar-refractivity contribution is 5.89. The van der Waals surface area contributed by atoms with Gasteiger partial charge < -0.3 is 4.74 Å². The van der Waals surface area contributed by atoms with Crippen LogP contribution in [-0.2, 0) is 6.42 Å². The highest BCUT2D eigenvalue weighted by Gasteiger charge is 2.08. The summed E-state index contributed by atoms with van der Waals surface area (Å²) in [5.74, 6) is -0.0228. The van der Waals surface area contributed by atoms with Crippen molar-refractivity contribution in [1.29, 1.82) is 0 Å². The Labute approximate surface area is 124 Å². The van der Waals surface area contributed by atoms with E-state index in [4.69, 9.17) is 4.74 Å². The molecule has 0 aliphatic rings. The maximum Gasteiger partial charge on any atom is 0.172 e. The second-order valence-electron chi connectivity index (χ2n) is 5.07. The van der Waals surface area contributed by atoms with Crippen LogP contribution in [-0.4, -0.2) is 7.11 Å². The van der Waals surface area contributed by atoms with Gasteiger partial charge in [-0.3, -0.25) is 0 Å². The lowest BCUT2D eigenvalue weighted by Gasteiger charge is -2.08. The van der Waals surface area contributed by atoms with E-state index in [0.29, 0.717) is 5.39 Å². The molecule has 0 aliphatic heterocycles. The molecule has 3 aromatic rings. The van der Waals surface area contributed by atoms with Crippen LogP contribution in [0, 0.1) is 5.82 Å². The van der Waals surface area contributed by atoms with Gasteiger partial charge in [-0.05, 0) is 40.6 Å². The summed E-state index contributed by atoms with van der Waals surface area (Å²) < 4.78 is 19.2. The third kappa shape index (κ3) is 2.49. The van der Waals surface area contributed by atoms with Gasteiger partial charge in [0.2, 0.25) is 0 Å². The van der Waals surface area contributed by atoms with Crippen LogP contribution in [0.5, 0.6) is 5.75 Å². The third-order valence-electron chi connectivity index (χ3n) is 3.83. The van der Waals surface area contributed by atoms with E-state index in [-0.39, 0.29) is 11.6 Å². The van der Waals surface area contributed by atoms with Gasteiger partial charge in [0.05, 0.1) is 7.11 Å². The first-order chi connectivity index (χ1) is 10.2. The first-order valence-electron chi connectivity index (χ1n) is 7.08. The van der Waals surface area contributed by atoms with Crippen molar-refractivity contribution < 1.29 is 9.13 Å². The monoisotopic (exact) mass is 280 g/mol. The zero-order valence-electron chi connectivity index (χ0n) is 12.2. The lowest BCUT2D eigenvalue weighted by molar-refractivity contribution is 0.389. The highest BCUT2D eigenvalue weighted by atomic mass is 19.1. The molecule has 0 radical (unpaired) electrons. The zero-order chi connectivity index (χ0) is 14.8. The van der Waals surface area contributed by atoms with Crippen molar-refractivity contribution in [3.05, 3.63) is 66.0 Å². The number of rotatable bonds is 3. The Balaban J connectivity index is 2.08. The van der Waals surface area contributed by atoms with Crippen molar-refractivity contribution >= 4 is 10.8 Å². The van der Waals surface area contributed by atoms with Crippen LogP contribution in [0.1, 0.15) is 12.5 Å². The van der Waals surface area contributed by atoms with Gasteiger partial charge in [0.25, 0.3) is 0 Å². The van der Waals surface area contributed by atoms with Crippen LogP contribution in [0.15, 0.2) is 54.6 Å². The molecule has 0 N–H and O–H groups in total. The second kappa shape index (κ2) is 5.57. The molecule has 0 aliphatic carbocycles. The third-order valence-corrected chi connectivity index (χ3v) is 3.83. The Morgan fingerprint density at radius 1 is 0.905 bits per heavy atom. The first-order valence-corrected chi connectivity index (χ1v) is 7.08. The fourth-order valence-electron chi connectivity index (χ4n) is 2.54. The lowest BCUT2D eigenvalue weighted by atomic mass is 9.99. The number of halogens is 1. The van der Waals surface area contributed by atoms with Crippen LogP contribution in [0.2, 0.25) is 0 Å². The number of hydrogen-bond acceptors (Lipinski definition) is 1. The van der Waals surface area contributed by atoms with Crippen LogP contribution in [0.4, 0.5) is 4.39 Å². The summed E-state index contributed by atoms with van der Waals surface area (Å²) in [7, 11) is 1.48. The molecule has 0 saturated carbocycles. The van der Waals surface area contributed by atoms with Crippen LogP contribution in [0.3, 0.4) is 0 Å². The van der Waals surface area contributed by atoms with Crippen molar-refractivity contribution in [1.82, 2.24) is 0 Å². The number of methoxy groups -OCH3 is 1. The molecular formula is C19H17FO. The predicted octanol–water partition coefficient (Wildman–Crippen LogP) is 5.22. The normalized spacial score (nSPS) is 10.8. The fourth-order valence-corrected chi connectivity index (χ4v) is 2.54. The van der Waals surface area contributed by atoms with E-state index < -0.39 is 0 Å². The maximum atomic E-state index is 14.2. The van der Waals surface area contributed by atoms with E-state index in [1.165, 1.54) is 12.7 Å². The summed E-state index contributed by atoms with van der Waals surface area (Å²) in [6, 6.07) is 17.8. The molecule has 0 saturated heterocycles. The molecule has 3 aromatic carbocycles. The number of aryl methyl sites for hydroxylation is 1. The Hall–Kier alpha value is -2.35. The minimum atomic E-state index is -0.303. The minimum Gasteiger partial charge on any atom is -0.494 e. The van der Waals surface area contributed by atoms with Crippen molar-refractivity contribution in [3.63, 3.8) is 0 Å². The minimum absolute atomic E-state index is 0.280. The van der Waals surface area contributed by atoms with Crippen LogP contribution >= 0.6 is 0 Å². The second-order valence-corrected chi connectivity index (χ2v) is 5.07. The maximum absolute atomic E-state index is 14.2. The molecule has 1 nitrogen and oxygen atoms in total. The van der Waals surface area contributed by atoms with Crippen molar-refractivity contribution in [2.75, 3.05) is 7.11 Å². The SMILES string of the molecule is CCc1ccc(-c2ccc3c(F)c(OC)ccc3c2)cc1. The van der Waals surface area contributed by atoms with E-state index >= 15 is 0 Å². The van der Waals surface area contributed by atoms with Gasteiger partial charge in [-0.15, -0.1) is 0 Å². The van der Waals surface area contributed by atoms with Gasteiger partial charge in [-0.1, -0.05) is 49.4 Å². The molecule has 21 heavy (non-hydrogen) atoms. The molecule has 0 bridgehead atoms. The van der Waals surface area contributed by atoms with Gasteiger partial charge >= 0.3 is 0 Å². The summed E-state index contributed by atoms with van der Waals surface area (Å²) in [6.07, 6.45) is 1.03. The Morgan fingerprint density at radius 3 is 2.29 bits per heavy atom. The molecule has 0 amide bonds. The summed E-state index contributed by atoms with van der Waals surface area (Å²) in [6.45, 7) is 2.14. The Kier molecular flexibility index (Phi) is 3.61. The average molecular weight is 280 g/mol. The van der Waals surface area contributed by atoms with Crippen molar-refractivity contribution in [2.45, 2.75) is 13.3 Å². The molecular weight excluding hydrogens is 263 g/mol. The summed E-state index contributed by atoms with van der Waals surface area (Å²) in [5.41, 5.74) is 3.55. The first kappa shape index (κ1) is 13.6. The Bertz CT molecular complexity index is 775. The number of ether oxygens (including phenoxy) is 1. The van der Waals surface area contributed by atoms with Gasteiger partial charge in [-0.2, -0.15) is 0 Å². The Morgan fingerprint density at radius 2 is 1.62 bits per heavy atom. The van der Waals surface area contributed by atoms with Crippen LogP contribution < -0.4 is 4.74 Å². The zero-order valence-corrected chi connectivity index (χ0v) is 12.2. The van der Waals surface area contributed by atoms with Gasteiger partial charge in [-0.25, -0.2) is 4.39 Å². The molecule has 2 heteroatoms. The molecule has 0 atom stereocenters. The molecule has 106 valence electrons. The highest BCUT2D eigenvalue weighted by Crippen LogP contribution is 2.30. The van der Waals surface area contributed by atoms with Gasteiger partial charge in [0, 0.05) is 5.39 Å². The largest absolute Gasteiger partial charge is 0.494 e. The quantitative estimate of drug-likeness (QED) is 0.639. The van der Waals surface area contributed by atoms with Crippen LogP contribution in [0.25, 0.3) is 21.9 Å². The topological polar surface area (TPSA) is 9.23 Å². The number of fused-ring (bicyclic) bond motifs is 1. The standard InChI is InChI=1S/C19H17FO/c1-3-13-4-6-14(7-5-13)15-8-10-17-16(12-15)9-11-18(21-2)19(17)20/h4-12H,3H2,1-2H3. The van der Waals surface area contributed by atoms with E-state index in [2.05, 4.69) is 31.2 Å². The summed E-state index contributed by atoms with van der Waals surface area (Å²) >= 11 is 0. The fraction of sp³-hybridized carbons (Fsp3) is 0.158. The summed E-state index contributed by atoms with van der Waals surface area (Å²) in [5, 5.41) is 1.47. The molecule has 0 unspecified atom stereocenters. The van der Waals surface area contributed by atoms with Crippen molar-refractivity contribution in [3.8, 4) is 16.9 Å². The predicted molar refractivity (Wildman–Crippen MR) is 85.3 cm³/mol. The van der Waals surface area contributed by atoms with E-state index in [9.17, 15) is 4.39 Å². The van der Waals surface area contributed by atoms with E-state index in [0.717, 1.165) is 22.9 Å². The van der Waals surface area contributed by atoms with Gasteiger partial charge in [0.15, 0.2) is 11.6 Å². The number of hydrogen-bond donors (Lipinski definition) is 0. The molecule has 0 spiro atoms. The number of benzene rings is 3. The van der Waals surface area contributed by atoms with Crippen molar-refractivity contribution in [2.24, 2.45) is 0 Å².